The summed E-state index contributed by atoms with van der Waals surface area (Å²) in [6.45, 7) is 5.92. The lowest BCUT2D eigenvalue weighted by atomic mass is 10.3. The summed E-state index contributed by atoms with van der Waals surface area (Å²) in [6.07, 6.45) is 2.32. The molecular weight excluding hydrogens is 180 g/mol. The zero-order valence-electron chi connectivity index (χ0n) is 6.19. The van der Waals surface area contributed by atoms with Crippen LogP contribution < -0.4 is 0 Å². The van der Waals surface area contributed by atoms with Crippen molar-refractivity contribution in [3.8, 4) is 0 Å². The SMILES string of the molecule is CCOCCC(Br)CC. The first-order valence-electron chi connectivity index (χ1n) is 3.53. The maximum Gasteiger partial charge on any atom is 0.0476 e. The molecule has 0 rings (SSSR count). The summed E-state index contributed by atoms with van der Waals surface area (Å²) < 4.78 is 5.18. The fourth-order valence-corrected chi connectivity index (χ4v) is 0.747. The van der Waals surface area contributed by atoms with Crippen molar-refractivity contribution in [3.63, 3.8) is 0 Å². The summed E-state index contributed by atoms with van der Waals surface area (Å²) in [5.74, 6) is 0. The number of rotatable bonds is 5. The first kappa shape index (κ1) is 9.44. The molecule has 1 atom stereocenters. The van der Waals surface area contributed by atoms with Gasteiger partial charge in [0.2, 0.25) is 0 Å². The minimum atomic E-state index is 0.643. The quantitative estimate of drug-likeness (QED) is 0.484. The molecule has 0 aromatic rings. The lowest BCUT2D eigenvalue weighted by molar-refractivity contribution is 0.144. The Labute approximate surface area is 65.9 Å². The second-order valence-corrected chi connectivity index (χ2v) is 3.29. The fraction of sp³-hybridized carbons (Fsp3) is 1.00. The molecule has 0 N–H and O–H groups in total. The van der Waals surface area contributed by atoms with Crippen molar-refractivity contribution in [3.05, 3.63) is 0 Å². The van der Waals surface area contributed by atoms with Crippen molar-refractivity contribution in [1.82, 2.24) is 0 Å². The molecule has 0 fully saturated rings. The number of alkyl halides is 1. The van der Waals surface area contributed by atoms with Crippen LogP contribution in [0.2, 0.25) is 0 Å². The number of hydrogen-bond acceptors (Lipinski definition) is 1. The van der Waals surface area contributed by atoms with Gasteiger partial charge in [-0.15, -0.1) is 0 Å². The van der Waals surface area contributed by atoms with Crippen LogP contribution in [0.25, 0.3) is 0 Å². The summed E-state index contributed by atoms with van der Waals surface area (Å²) in [4.78, 5) is 0.643. The van der Waals surface area contributed by atoms with E-state index in [1.165, 1.54) is 6.42 Å². The van der Waals surface area contributed by atoms with E-state index in [2.05, 4.69) is 22.9 Å². The van der Waals surface area contributed by atoms with Crippen LogP contribution in [0.5, 0.6) is 0 Å². The maximum absolute atomic E-state index is 5.18. The molecule has 1 nitrogen and oxygen atoms in total. The van der Waals surface area contributed by atoms with Gasteiger partial charge in [-0.25, -0.2) is 0 Å². The molecule has 0 aliphatic carbocycles. The minimum Gasteiger partial charge on any atom is -0.382 e. The second-order valence-electron chi connectivity index (χ2n) is 1.99. The van der Waals surface area contributed by atoms with Crippen LogP contribution in [0.1, 0.15) is 26.7 Å². The van der Waals surface area contributed by atoms with E-state index < -0.39 is 0 Å². The van der Waals surface area contributed by atoms with Crippen molar-refractivity contribution >= 4 is 15.9 Å². The van der Waals surface area contributed by atoms with E-state index in [0.717, 1.165) is 19.6 Å². The minimum absolute atomic E-state index is 0.643. The standard InChI is InChI=1S/C7H15BrO/c1-3-7(8)5-6-9-4-2/h7H,3-6H2,1-2H3. The third-order valence-electron chi connectivity index (χ3n) is 1.22. The zero-order valence-corrected chi connectivity index (χ0v) is 7.78. The van der Waals surface area contributed by atoms with Crippen LogP contribution in [0.4, 0.5) is 0 Å². The van der Waals surface area contributed by atoms with Crippen LogP contribution in [-0.4, -0.2) is 18.0 Å². The van der Waals surface area contributed by atoms with E-state index in [1.54, 1.807) is 0 Å². The average Bonchev–Trinajstić information content (AvgIpc) is 1.89. The van der Waals surface area contributed by atoms with Crippen LogP contribution >= 0.6 is 15.9 Å². The molecular formula is C7H15BrO. The van der Waals surface area contributed by atoms with E-state index in [0.29, 0.717) is 4.83 Å². The van der Waals surface area contributed by atoms with Gasteiger partial charge < -0.3 is 4.74 Å². The highest BCUT2D eigenvalue weighted by Crippen LogP contribution is 2.08. The van der Waals surface area contributed by atoms with Crippen LogP contribution in [-0.2, 0) is 4.74 Å². The van der Waals surface area contributed by atoms with Gasteiger partial charge in [0.1, 0.15) is 0 Å². The first-order valence-corrected chi connectivity index (χ1v) is 4.44. The second kappa shape index (κ2) is 6.56. The molecule has 0 spiro atoms. The summed E-state index contributed by atoms with van der Waals surface area (Å²) in [7, 11) is 0. The molecule has 0 aliphatic heterocycles. The van der Waals surface area contributed by atoms with Gasteiger partial charge in [0, 0.05) is 18.0 Å². The first-order chi connectivity index (χ1) is 4.31. The molecule has 0 aromatic heterocycles. The van der Waals surface area contributed by atoms with E-state index in [9.17, 15) is 0 Å². The highest BCUT2D eigenvalue weighted by atomic mass is 79.9. The van der Waals surface area contributed by atoms with Crippen LogP contribution in [0.15, 0.2) is 0 Å². The number of halogens is 1. The molecule has 1 unspecified atom stereocenters. The average molecular weight is 195 g/mol. The molecule has 0 aromatic carbocycles. The molecule has 9 heavy (non-hydrogen) atoms. The predicted octanol–water partition coefficient (Wildman–Crippen LogP) is 2.59. The Morgan fingerprint density at radius 3 is 2.56 bits per heavy atom. The monoisotopic (exact) mass is 194 g/mol. The number of ether oxygens (including phenoxy) is 1. The lowest BCUT2D eigenvalue weighted by Gasteiger charge is -2.04. The van der Waals surface area contributed by atoms with Gasteiger partial charge in [-0.3, -0.25) is 0 Å². The van der Waals surface area contributed by atoms with E-state index in [1.807, 2.05) is 6.92 Å². The third-order valence-corrected chi connectivity index (χ3v) is 2.33. The van der Waals surface area contributed by atoms with Gasteiger partial charge in [-0.1, -0.05) is 22.9 Å². The van der Waals surface area contributed by atoms with Crippen LogP contribution in [0, 0.1) is 0 Å². The Morgan fingerprint density at radius 2 is 2.11 bits per heavy atom. The van der Waals surface area contributed by atoms with Crippen LogP contribution in [0.3, 0.4) is 0 Å². The molecule has 2 heteroatoms. The summed E-state index contributed by atoms with van der Waals surface area (Å²) in [6, 6.07) is 0. The van der Waals surface area contributed by atoms with Crippen molar-refractivity contribution in [2.24, 2.45) is 0 Å². The Balaban J connectivity index is 2.88. The highest BCUT2D eigenvalue weighted by Gasteiger charge is 1.98. The Bertz CT molecular complexity index is 56.9. The summed E-state index contributed by atoms with van der Waals surface area (Å²) in [5, 5.41) is 0. The fourth-order valence-electron chi connectivity index (χ4n) is 0.560. The molecule has 56 valence electrons. The Kier molecular flexibility index (Phi) is 6.88. The molecule has 0 saturated heterocycles. The van der Waals surface area contributed by atoms with E-state index >= 15 is 0 Å². The topological polar surface area (TPSA) is 9.23 Å². The van der Waals surface area contributed by atoms with Crippen molar-refractivity contribution in [2.75, 3.05) is 13.2 Å². The molecule has 0 radical (unpaired) electrons. The van der Waals surface area contributed by atoms with E-state index in [4.69, 9.17) is 4.74 Å². The largest absolute Gasteiger partial charge is 0.382 e. The number of hydrogen-bond donors (Lipinski definition) is 0. The normalized spacial score (nSPS) is 13.7. The van der Waals surface area contributed by atoms with Crippen molar-refractivity contribution in [1.29, 1.82) is 0 Å². The summed E-state index contributed by atoms with van der Waals surface area (Å²) >= 11 is 3.53. The molecule has 0 amide bonds. The molecule has 0 heterocycles. The highest BCUT2D eigenvalue weighted by molar-refractivity contribution is 9.09. The van der Waals surface area contributed by atoms with Gasteiger partial charge in [-0.2, -0.15) is 0 Å². The van der Waals surface area contributed by atoms with Gasteiger partial charge in [0.25, 0.3) is 0 Å². The smallest absolute Gasteiger partial charge is 0.0476 e. The van der Waals surface area contributed by atoms with Crippen molar-refractivity contribution in [2.45, 2.75) is 31.5 Å². The summed E-state index contributed by atoms with van der Waals surface area (Å²) in [5.41, 5.74) is 0. The van der Waals surface area contributed by atoms with Gasteiger partial charge in [0.05, 0.1) is 0 Å². The predicted molar refractivity (Wildman–Crippen MR) is 44.1 cm³/mol. The van der Waals surface area contributed by atoms with Gasteiger partial charge in [-0.05, 0) is 19.8 Å². The lowest BCUT2D eigenvalue weighted by Crippen LogP contribution is -2.02. The van der Waals surface area contributed by atoms with Crippen molar-refractivity contribution < 1.29 is 4.74 Å². The van der Waals surface area contributed by atoms with Gasteiger partial charge in [0.15, 0.2) is 0 Å². The third kappa shape index (κ3) is 6.32. The molecule has 0 aliphatic rings. The molecule has 0 saturated carbocycles. The zero-order chi connectivity index (χ0) is 7.11. The Hall–Kier alpha value is 0.440. The Morgan fingerprint density at radius 1 is 1.44 bits per heavy atom. The maximum atomic E-state index is 5.18. The van der Waals surface area contributed by atoms with Gasteiger partial charge >= 0.3 is 0 Å². The van der Waals surface area contributed by atoms with E-state index in [-0.39, 0.29) is 0 Å². The molecule has 0 bridgehead atoms.